The zero-order valence-corrected chi connectivity index (χ0v) is 13.4. The fourth-order valence-electron chi connectivity index (χ4n) is 2.97. The lowest BCUT2D eigenvalue weighted by Gasteiger charge is -2.10. The van der Waals surface area contributed by atoms with E-state index in [4.69, 9.17) is 4.74 Å². The number of aromatic nitrogens is 3. The van der Waals surface area contributed by atoms with Gasteiger partial charge in [-0.3, -0.25) is 9.89 Å². The van der Waals surface area contributed by atoms with Gasteiger partial charge in [-0.05, 0) is 48.0 Å². The van der Waals surface area contributed by atoms with Crippen LogP contribution in [0, 0.1) is 5.82 Å². The molecule has 0 fully saturated rings. The summed E-state index contributed by atoms with van der Waals surface area (Å²) in [6.07, 6.45) is 1.84. The summed E-state index contributed by atoms with van der Waals surface area (Å²) in [4.78, 5) is 16.6. The lowest BCUT2D eigenvalue weighted by Crippen LogP contribution is -2.06. The Morgan fingerprint density at radius 1 is 1.20 bits per heavy atom. The minimum Gasteiger partial charge on any atom is -0.469 e. The summed E-state index contributed by atoms with van der Waals surface area (Å²) < 4.78 is 18.0. The van der Waals surface area contributed by atoms with E-state index in [1.165, 1.54) is 19.2 Å². The molecule has 0 bridgehead atoms. The summed E-state index contributed by atoms with van der Waals surface area (Å²) in [6.45, 7) is 0. The van der Waals surface area contributed by atoms with Gasteiger partial charge in [-0.25, -0.2) is 9.37 Å². The molecule has 6 heteroatoms. The Hall–Kier alpha value is -3.28. The van der Waals surface area contributed by atoms with Gasteiger partial charge in [-0.1, -0.05) is 0 Å². The maximum Gasteiger partial charge on any atom is 0.310 e. The Kier molecular flexibility index (Phi) is 3.65. The van der Waals surface area contributed by atoms with Gasteiger partial charge in [0.25, 0.3) is 0 Å². The van der Waals surface area contributed by atoms with Crippen molar-refractivity contribution in [2.24, 2.45) is 0 Å². The summed E-state index contributed by atoms with van der Waals surface area (Å²) >= 11 is 0. The van der Waals surface area contributed by atoms with Crippen LogP contribution in [0.2, 0.25) is 0 Å². The van der Waals surface area contributed by atoms with Gasteiger partial charge >= 0.3 is 5.97 Å². The Bertz CT molecular complexity index is 1090. The van der Waals surface area contributed by atoms with E-state index in [-0.39, 0.29) is 18.2 Å². The van der Waals surface area contributed by atoms with Gasteiger partial charge in [0.05, 0.1) is 36.5 Å². The Morgan fingerprint density at radius 2 is 2.00 bits per heavy atom. The molecule has 124 valence electrons. The standard InChI is InChI=1S/C19H14FN3O2/c1-25-18(24)9-12-8-17(11-2-4-13(20)5-3-11)22-16-7-6-15-14(19(12)16)10-21-23-15/h2-8,10H,9H2,1H3,(H,21,23). The van der Waals surface area contributed by atoms with Gasteiger partial charge < -0.3 is 4.74 Å². The summed E-state index contributed by atoms with van der Waals surface area (Å²) in [5, 5.41) is 8.76. The maximum atomic E-state index is 13.2. The molecule has 0 aliphatic heterocycles. The Balaban J connectivity index is 1.98. The average Bonchev–Trinajstić information content (AvgIpc) is 3.10. The van der Waals surface area contributed by atoms with E-state index in [1.807, 2.05) is 18.2 Å². The monoisotopic (exact) mass is 335 g/mol. The number of hydrogen-bond acceptors (Lipinski definition) is 4. The zero-order valence-electron chi connectivity index (χ0n) is 13.4. The first-order valence-corrected chi connectivity index (χ1v) is 7.74. The summed E-state index contributed by atoms with van der Waals surface area (Å²) in [6, 6.07) is 11.7. The fraction of sp³-hybridized carbons (Fsp3) is 0.105. The molecule has 0 atom stereocenters. The second kappa shape index (κ2) is 5.98. The topological polar surface area (TPSA) is 67.9 Å². The minimum atomic E-state index is -0.335. The summed E-state index contributed by atoms with van der Waals surface area (Å²) in [5.74, 6) is -0.641. The van der Waals surface area contributed by atoms with Crippen LogP contribution in [0.15, 0.2) is 48.7 Å². The third-order valence-corrected chi connectivity index (χ3v) is 4.18. The van der Waals surface area contributed by atoms with Crippen LogP contribution in [0.5, 0.6) is 0 Å². The van der Waals surface area contributed by atoms with Crippen molar-refractivity contribution < 1.29 is 13.9 Å². The number of rotatable bonds is 3. The second-order valence-electron chi connectivity index (χ2n) is 5.72. The molecule has 0 unspecified atom stereocenters. The van der Waals surface area contributed by atoms with Gasteiger partial charge in [-0.15, -0.1) is 0 Å². The Labute approximate surface area is 142 Å². The van der Waals surface area contributed by atoms with Crippen molar-refractivity contribution in [2.75, 3.05) is 7.11 Å². The van der Waals surface area contributed by atoms with Crippen molar-refractivity contribution in [3.05, 3.63) is 60.0 Å². The highest BCUT2D eigenvalue weighted by molar-refractivity contribution is 6.07. The summed E-state index contributed by atoms with van der Waals surface area (Å²) in [5.41, 5.74) is 3.86. The average molecular weight is 335 g/mol. The number of ether oxygens (including phenoxy) is 1. The lowest BCUT2D eigenvalue weighted by molar-refractivity contribution is -0.139. The highest BCUT2D eigenvalue weighted by atomic mass is 19.1. The number of fused-ring (bicyclic) bond motifs is 3. The molecule has 4 rings (SSSR count). The van der Waals surface area contributed by atoms with Crippen LogP contribution in [-0.4, -0.2) is 28.3 Å². The van der Waals surface area contributed by atoms with Crippen LogP contribution in [-0.2, 0) is 16.0 Å². The number of nitrogens with zero attached hydrogens (tertiary/aromatic N) is 2. The third-order valence-electron chi connectivity index (χ3n) is 4.18. The number of methoxy groups -OCH3 is 1. The van der Waals surface area contributed by atoms with E-state index in [0.717, 1.165) is 32.9 Å². The first kappa shape index (κ1) is 15.3. The quantitative estimate of drug-likeness (QED) is 0.581. The highest BCUT2D eigenvalue weighted by Gasteiger charge is 2.14. The SMILES string of the molecule is COC(=O)Cc1cc(-c2ccc(F)cc2)nc2ccc3[nH]ncc3c12. The number of esters is 1. The number of hydrogen-bond donors (Lipinski definition) is 1. The molecule has 2 aromatic heterocycles. The van der Waals surface area contributed by atoms with Gasteiger partial charge in [0.2, 0.25) is 0 Å². The van der Waals surface area contributed by atoms with Gasteiger partial charge in [0.1, 0.15) is 5.82 Å². The minimum absolute atomic E-state index is 0.119. The number of pyridine rings is 1. The number of carbonyl (C=O) groups is 1. The number of H-pyrrole nitrogens is 1. The van der Waals surface area contributed by atoms with E-state index in [2.05, 4.69) is 15.2 Å². The zero-order chi connectivity index (χ0) is 17.4. The lowest BCUT2D eigenvalue weighted by atomic mass is 9.99. The largest absolute Gasteiger partial charge is 0.469 e. The van der Waals surface area contributed by atoms with Crippen LogP contribution >= 0.6 is 0 Å². The molecule has 25 heavy (non-hydrogen) atoms. The molecule has 1 N–H and O–H groups in total. The van der Waals surface area contributed by atoms with Crippen LogP contribution in [0.3, 0.4) is 0 Å². The van der Waals surface area contributed by atoms with Crippen molar-refractivity contribution in [3.8, 4) is 11.3 Å². The maximum absolute atomic E-state index is 13.2. The molecule has 0 saturated carbocycles. The number of carbonyl (C=O) groups excluding carboxylic acids is 1. The molecule has 0 spiro atoms. The van der Waals surface area contributed by atoms with Gasteiger partial charge in [0.15, 0.2) is 0 Å². The second-order valence-corrected chi connectivity index (χ2v) is 5.72. The smallest absolute Gasteiger partial charge is 0.310 e. The van der Waals surface area contributed by atoms with Crippen LogP contribution < -0.4 is 0 Å². The van der Waals surface area contributed by atoms with E-state index < -0.39 is 0 Å². The highest BCUT2D eigenvalue weighted by Crippen LogP contribution is 2.30. The fourth-order valence-corrected chi connectivity index (χ4v) is 2.97. The van der Waals surface area contributed by atoms with Crippen molar-refractivity contribution in [1.29, 1.82) is 0 Å². The molecule has 0 aliphatic carbocycles. The van der Waals surface area contributed by atoms with Crippen LogP contribution in [0.1, 0.15) is 5.56 Å². The molecule has 0 saturated heterocycles. The third kappa shape index (κ3) is 2.71. The van der Waals surface area contributed by atoms with Crippen LogP contribution in [0.4, 0.5) is 4.39 Å². The molecule has 4 aromatic rings. The van der Waals surface area contributed by atoms with E-state index >= 15 is 0 Å². The molecule has 0 amide bonds. The molecule has 5 nitrogen and oxygen atoms in total. The number of nitrogens with one attached hydrogen (secondary N) is 1. The molecular weight excluding hydrogens is 321 g/mol. The molecule has 0 aliphatic rings. The first-order valence-electron chi connectivity index (χ1n) is 7.74. The predicted molar refractivity (Wildman–Crippen MR) is 92.5 cm³/mol. The van der Waals surface area contributed by atoms with Crippen LogP contribution in [0.25, 0.3) is 33.1 Å². The summed E-state index contributed by atoms with van der Waals surface area (Å²) in [7, 11) is 1.36. The molecule has 2 aromatic carbocycles. The predicted octanol–water partition coefficient (Wildman–Crippen LogP) is 3.63. The van der Waals surface area contributed by atoms with E-state index in [1.54, 1.807) is 18.3 Å². The molecule has 0 radical (unpaired) electrons. The number of halogens is 1. The van der Waals surface area contributed by atoms with Gasteiger partial charge in [0, 0.05) is 16.3 Å². The normalized spacial score (nSPS) is 11.1. The molecular formula is C19H14FN3O2. The van der Waals surface area contributed by atoms with E-state index in [0.29, 0.717) is 5.69 Å². The van der Waals surface area contributed by atoms with Crippen molar-refractivity contribution in [1.82, 2.24) is 15.2 Å². The Morgan fingerprint density at radius 3 is 2.76 bits per heavy atom. The van der Waals surface area contributed by atoms with Crippen molar-refractivity contribution in [3.63, 3.8) is 0 Å². The number of benzene rings is 2. The molecule has 2 heterocycles. The number of aromatic amines is 1. The van der Waals surface area contributed by atoms with Gasteiger partial charge in [-0.2, -0.15) is 5.10 Å². The van der Waals surface area contributed by atoms with Crippen molar-refractivity contribution >= 4 is 27.8 Å². The van der Waals surface area contributed by atoms with Crippen molar-refractivity contribution in [2.45, 2.75) is 6.42 Å². The first-order chi connectivity index (χ1) is 12.2. The van der Waals surface area contributed by atoms with E-state index in [9.17, 15) is 9.18 Å².